The summed E-state index contributed by atoms with van der Waals surface area (Å²) in [5.74, 6) is -1.40. The number of ketones is 1. The monoisotopic (exact) mass is 466 g/mol. The molecule has 0 saturated carbocycles. The van der Waals surface area contributed by atoms with Gasteiger partial charge in [-0.2, -0.15) is 5.26 Å². The number of para-hydroxylation sites is 3. The van der Waals surface area contributed by atoms with Crippen LogP contribution in [0.5, 0.6) is 0 Å². The van der Waals surface area contributed by atoms with Crippen LogP contribution in [0.25, 0.3) is 0 Å². The molecule has 0 radical (unpaired) electrons. The SMILES string of the molecule is CN1C(=C(C#N)C(=O)COC(=O)c2ccccc2NC(=O)c2ccccc2)N(C)c2ccccc21. The summed E-state index contributed by atoms with van der Waals surface area (Å²) in [4.78, 5) is 41.7. The molecule has 0 atom stereocenters. The van der Waals surface area contributed by atoms with Crippen molar-refractivity contribution >= 4 is 34.7 Å². The molecule has 3 aromatic rings. The summed E-state index contributed by atoms with van der Waals surface area (Å²) in [5.41, 5.74) is 2.37. The number of nitriles is 1. The Kier molecular flexibility index (Phi) is 6.60. The highest BCUT2D eigenvalue weighted by molar-refractivity contribution is 6.09. The van der Waals surface area contributed by atoms with Crippen LogP contribution in [0.3, 0.4) is 0 Å². The number of carbonyl (C=O) groups excluding carboxylic acids is 3. The van der Waals surface area contributed by atoms with Crippen molar-refractivity contribution in [2.24, 2.45) is 0 Å². The minimum absolute atomic E-state index is 0.0956. The van der Waals surface area contributed by atoms with Gasteiger partial charge >= 0.3 is 5.97 Å². The molecule has 0 saturated heterocycles. The van der Waals surface area contributed by atoms with Crippen molar-refractivity contribution in [1.82, 2.24) is 0 Å². The van der Waals surface area contributed by atoms with E-state index in [1.165, 1.54) is 6.07 Å². The van der Waals surface area contributed by atoms with Crippen LogP contribution in [0.4, 0.5) is 17.1 Å². The summed E-state index contributed by atoms with van der Waals surface area (Å²) >= 11 is 0. The van der Waals surface area contributed by atoms with Gasteiger partial charge in [-0.1, -0.05) is 42.5 Å². The molecule has 35 heavy (non-hydrogen) atoms. The van der Waals surface area contributed by atoms with Crippen molar-refractivity contribution < 1.29 is 19.1 Å². The van der Waals surface area contributed by atoms with Gasteiger partial charge in [0.25, 0.3) is 5.91 Å². The third kappa shape index (κ3) is 4.61. The Labute approximate surface area is 202 Å². The summed E-state index contributed by atoms with van der Waals surface area (Å²) in [6.07, 6.45) is 0. The fourth-order valence-electron chi connectivity index (χ4n) is 3.89. The van der Waals surface area contributed by atoms with Crippen LogP contribution in [0, 0.1) is 11.3 Å². The first-order valence-electron chi connectivity index (χ1n) is 10.8. The molecule has 0 fully saturated rings. The topological polar surface area (TPSA) is 103 Å². The van der Waals surface area contributed by atoms with Gasteiger partial charge in [0.2, 0.25) is 5.78 Å². The maximum Gasteiger partial charge on any atom is 0.340 e. The highest BCUT2D eigenvalue weighted by Crippen LogP contribution is 2.40. The van der Waals surface area contributed by atoms with E-state index < -0.39 is 18.4 Å². The average molecular weight is 466 g/mol. The number of nitrogens with zero attached hydrogens (tertiary/aromatic N) is 3. The molecule has 1 N–H and O–H groups in total. The molecule has 8 nitrogen and oxygen atoms in total. The van der Waals surface area contributed by atoms with E-state index in [4.69, 9.17) is 4.74 Å². The maximum absolute atomic E-state index is 12.9. The van der Waals surface area contributed by atoms with E-state index in [1.54, 1.807) is 72.4 Å². The number of carbonyl (C=O) groups is 3. The van der Waals surface area contributed by atoms with Gasteiger partial charge in [-0.05, 0) is 36.4 Å². The van der Waals surface area contributed by atoms with Crippen molar-refractivity contribution in [3.8, 4) is 6.07 Å². The fourth-order valence-corrected chi connectivity index (χ4v) is 3.89. The number of hydrogen-bond donors (Lipinski definition) is 1. The lowest BCUT2D eigenvalue weighted by atomic mass is 10.1. The van der Waals surface area contributed by atoms with E-state index in [1.807, 2.05) is 30.3 Å². The van der Waals surface area contributed by atoms with Crippen LogP contribution >= 0.6 is 0 Å². The lowest BCUT2D eigenvalue weighted by Gasteiger charge is -2.20. The number of fused-ring (bicyclic) bond motifs is 1. The second-order valence-corrected chi connectivity index (χ2v) is 7.78. The zero-order valence-corrected chi connectivity index (χ0v) is 19.2. The first kappa shape index (κ1) is 23.3. The summed E-state index contributed by atoms with van der Waals surface area (Å²) in [7, 11) is 3.53. The van der Waals surface area contributed by atoms with Crippen LogP contribution < -0.4 is 15.1 Å². The normalized spacial score (nSPS) is 12.0. The molecular formula is C27H22N4O4. The van der Waals surface area contributed by atoms with E-state index >= 15 is 0 Å². The minimum Gasteiger partial charge on any atom is -0.454 e. The number of nitrogens with one attached hydrogen (secondary N) is 1. The van der Waals surface area contributed by atoms with Gasteiger partial charge < -0.3 is 19.9 Å². The molecule has 0 unspecified atom stereocenters. The lowest BCUT2D eigenvalue weighted by molar-refractivity contribution is -0.118. The number of ether oxygens (including phenoxy) is 1. The molecule has 174 valence electrons. The number of hydrogen-bond acceptors (Lipinski definition) is 7. The van der Waals surface area contributed by atoms with Gasteiger partial charge in [0.05, 0.1) is 22.6 Å². The molecule has 0 bridgehead atoms. The second-order valence-electron chi connectivity index (χ2n) is 7.78. The highest BCUT2D eigenvalue weighted by Gasteiger charge is 2.31. The Bertz CT molecular complexity index is 1340. The van der Waals surface area contributed by atoms with Crippen molar-refractivity contribution in [3.63, 3.8) is 0 Å². The smallest absolute Gasteiger partial charge is 0.340 e. The summed E-state index contributed by atoms with van der Waals surface area (Å²) < 4.78 is 5.25. The van der Waals surface area contributed by atoms with E-state index in [9.17, 15) is 19.6 Å². The maximum atomic E-state index is 12.9. The number of amides is 1. The van der Waals surface area contributed by atoms with Crippen molar-refractivity contribution in [2.75, 3.05) is 35.8 Å². The van der Waals surface area contributed by atoms with Crippen molar-refractivity contribution in [3.05, 3.63) is 101 Å². The second kappa shape index (κ2) is 9.93. The van der Waals surface area contributed by atoms with Gasteiger partial charge in [-0.25, -0.2) is 4.79 Å². The van der Waals surface area contributed by atoms with E-state index in [2.05, 4.69) is 5.32 Å². The average Bonchev–Trinajstić information content (AvgIpc) is 3.14. The molecule has 0 aromatic heterocycles. The Morgan fingerprint density at radius 3 is 2.06 bits per heavy atom. The molecule has 8 heteroatoms. The first-order valence-corrected chi connectivity index (χ1v) is 10.8. The van der Waals surface area contributed by atoms with Crippen LogP contribution in [0.2, 0.25) is 0 Å². The zero-order valence-electron chi connectivity index (χ0n) is 19.2. The number of benzene rings is 3. The molecule has 3 aromatic carbocycles. The molecule has 1 amide bonds. The van der Waals surface area contributed by atoms with E-state index in [0.717, 1.165) is 11.4 Å². The molecule has 1 aliphatic rings. The Morgan fingerprint density at radius 2 is 1.43 bits per heavy atom. The van der Waals surface area contributed by atoms with Crippen LogP contribution in [-0.2, 0) is 9.53 Å². The van der Waals surface area contributed by atoms with Crippen LogP contribution in [0.1, 0.15) is 20.7 Å². The zero-order chi connectivity index (χ0) is 24.9. The number of esters is 1. The van der Waals surface area contributed by atoms with Crippen molar-refractivity contribution in [1.29, 1.82) is 5.26 Å². The van der Waals surface area contributed by atoms with Gasteiger partial charge in [0.15, 0.2) is 6.61 Å². The van der Waals surface area contributed by atoms with Gasteiger partial charge in [0, 0.05) is 19.7 Å². The van der Waals surface area contributed by atoms with Gasteiger partial charge in [0.1, 0.15) is 17.5 Å². The number of anilines is 3. The predicted molar refractivity (Wildman–Crippen MR) is 132 cm³/mol. The third-order valence-electron chi connectivity index (χ3n) is 5.62. The van der Waals surface area contributed by atoms with Crippen LogP contribution in [0.15, 0.2) is 90.3 Å². The largest absolute Gasteiger partial charge is 0.454 e. The quantitative estimate of drug-likeness (QED) is 0.333. The van der Waals surface area contributed by atoms with Gasteiger partial charge in [-0.15, -0.1) is 0 Å². The lowest BCUT2D eigenvalue weighted by Crippen LogP contribution is -2.28. The Morgan fingerprint density at radius 1 is 0.857 bits per heavy atom. The fraction of sp³-hybridized carbons (Fsp3) is 0.111. The third-order valence-corrected chi connectivity index (χ3v) is 5.62. The molecular weight excluding hydrogens is 444 g/mol. The molecule has 4 rings (SSSR count). The minimum atomic E-state index is -0.791. The molecule has 0 spiro atoms. The highest BCUT2D eigenvalue weighted by atomic mass is 16.5. The number of Topliss-reactive ketones (excluding diaryl/α,β-unsaturated/α-hetero) is 1. The Hall–Kier alpha value is -4.90. The number of rotatable bonds is 6. The van der Waals surface area contributed by atoms with Gasteiger partial charge in [-0.3, -0.25) is 9.59 Å². The standard InChI is InChI=1S/C27H22N4O4/c1-30-22-14-8-9-15-23(22)31(2)26(30)20(16-28)24(32)17-35-27(34)19-12-6-7-13-21(19)29-25(33)18-10-4-3-5-11-18/h3-15H,17H2,1-2H3,(H,29,33). The van der Waals surface area contributed by atoms with Crippen molar-refractivity contribution in [2.45, 2.75) is 0 Å². The van der Waals surface area contributed by atoms with Crippen LogP contribution in [-0.4, -0.2) is 38.4 Å². The summed E-state index contributed by atoms with van der Waals surface area (Å²) in [5, 5.41) is 12.4. The molecule has 1 aliphatic heterocycles. The molecule has 1 heterocycles. The predicted octanol–water partition coefficient (Wildman–Crippen LogP) is 3.99. The van der Waals surface area contributed by atoms with E-state index in [0.29, 0.717) is 11.4 Å². The van der Waals surface area contributed by atoms with E-state index in [-0.39, 0.29) is 22.7 Å². The first-order chi connectivity index (χ1) is 16.9. The summed E-state index contributed by atoms with van der Waals surface area (Å²) in [6, 6.07) is 24.4. The summed E-state index contributed by atoms with van der Waals surface area (Å²) in [6.45, 7) is -0.621. The Balaban J connectivity index is 1.49. The molecule has 0 aliphatic carbocycles.